The molecule has 3 aromatic heterocycles. The average Bonchev–Trinajstić information content (AvgIpc) is 3.49. The number of carbonyl (C=O) groups is 1. The van der Waals surface area contributed by atoms with Crippen LogP contribution in [0.3, 0.4) is 0 Å². The van der Waals surface area contributed by atoms with Crippen LogP contribution >= 0.6 is 11.3 Å². The Morgan fingerprint density at radius 3 is 2.72 bits per heavy atom. The van der Waals surface area contributed by atoms with Crippen molar-refractivity contribution in [2.24, 2.45) is 7.05 Å². The maximum Gasteiger partial charge on any atom is 0.332 e. The van der Waals surface area contributed by atoms with Crippen molar-refractivity contribution in [3.63, 3.8) is 0 Å². The lowest BCUT2D eigenvalue weighted by Gasteiger charge is -2.23. The molecule has 1 amide bonds. The van der Waals surface area contributed by atoms with Crippen LogP contribution in [0.15, 0.2) is 45.4 Å². The number of rotatable bonds is 3. The predicted molar refractivity (Wildman–Crippen MR) is 108 cm³/mol. The quantitative estimate of drug-likeness (QED) is 0.603. The average molecular weight is 411 g/mol. The number of amides is 1. The van der Waals surface area contributed by atoms with Crippen LogP contribution in [0.2, 0.25) is 0 Å². The minimum absolute atomic E-state index is 0.0120. The largest absolute Gasteiger partial charge is 0.347 e. The van der Waals surface area contributed by atoms with Crippen molar-refractivity contribution < 1.29 is 4.79 Å². The van der Waals surface area contributed by atoms with Crippen molar-refractivity contribution in [1.29, 1.82) is 0 Å². The summed E-state index contributed by atoms with van der Waals surface area (Å²) in [4.78, 5) is 41.0. The Bertz CT molecular complexity index is 1210. The van der Waals surface area contributed by atoms with Crippen LogP contribution in [0, 0.1) is 0 Å². The smallest absolute Gasteiger partial charge is 0.332 e. The van der Waals surface area contributed by atoms with Gasteiger partial charge in [0.05, 0.1) is 12.0 Å². The number of carbonyl (C=O) groups excluding carboxylic acids is 1. The molecule has 0 unspecified atom stereocenters. The summed E-state index contributed by atoms with van der Waals surface area (Å²) in [6.07, 6.45) is 3.32. The highest BCUT2D eigenvalue weighted by molar-refractivity contribution is 7.09. The lowest BCUT2D eigenvalue weighted by molar-refractivity contribution is 0.0773. The zero-order chi connectivity index (χ0) is 20.2. The Balaban J connectivity index is 1.50. The molecule has 1 saturated heterocycles. The molecule has 0 saturated carbocycles. The van der Waals surface area contributed by atoms with E-state index in [0.717, 1.165) is 11.3 Å². The van der Waals surface area contributed by atoms with Crippen LogP contribution in [0.25, 0.3) is 0 Å². The van der Waals surface area contributed by atoms with Crippen molar-refractivity contribution in [3.8, 4) is 0 Å². The van der Waals surface area contributed by atoms with Gasteiger partial charge >= 0.3 is 11.1 Å². The van der Waals surface area contributed by atoms with Crippen LogP contribution in [-0.4, -0.2) is 42.8 Å². The Kier molecular flexibility index (Phi) is 4.09. The molecule has 3 aromatic rings. The Labute approximate surface area is 170 Å². The van der Waals surface area contributed by atoms with E-state index in [1.165, 1.54) is 20.6 Å². The number of likely N-dealkylation sites (tertiary alicyclic amines) is 1. The predicted octanol–water partition coefficient (Wildman–Crippen LogP) is 1.04. The highest BCUT2D eigenvalue weighted by atomic mass is 32.1. The van der Waals surface area contributed by atoms with Gasteiger partial charge < -0.3 is 9.47 Å². The van der Waals surface area contributed by atoms with E-state index in [1.807, 2.05) is 52.4 Å². The van der Waals surface area contributed by atoms with E-state index in [2.05, 4.69) is 5.10 Å². The first-order valence-corrected chi connectivity index (χ1v) is 10.5. The highest BCUT2D eigenvalue weighted by Gasteiger charge is 2.48. The minimum atomic E-state index is -0.589. The van der Waals surface area contributed by atoms with Gasteiger partial charge in [0.15, 0.2) is 0 Å². The standard InChI is InChI=1S/C20H21N5O3S/c1-22-8-2-5-15(22)16(26)23-9-6-20(13-23)7-10-24-17(27)18(28)25(21-19(20)24)12-14-4-3-11-29-14/h2-5,8,11H,6-7,9-10,12-13H2,1H3/t20-/m1/s1. The van der Waals surface area contributed by atoms with E-state index in [-0.39, 0.29) is 11.3 Å². The third-order valence-corrected chi connectivity index (χ3v) is 6.97. The topological polar surface area (TPSA) is 82.1 Å². The number of aromatic nitrogens is 4. The van der Waals surface area contributed by atoms with Gasteiger partial charge in [0.25, 0.3) is 5.91 Å². The molecule has 0 radical (unpaired) electrons. The van der Waals surface area contributed by atoms with Gasteiger partial charge in [-0.3, -0.25) is 19.0 Å². The van der Waals surface area contributed by atoms with Gasteiger partial charge in [-0.1, -0.05) is 6.07 Å². The second-order valence-corrected chi connectivity index (χ2v) is 8.87. The molecule has 0 aromatic carbocycles. The molecule has 5 heterocycles. The fraction of sp³-hybridized carbons (Fsp3) is 0.400. The Hall–Kier alpha value is -2.94. The Morgan fingerprint density at radius 2 is 2.00 bits per heavy atom. The van der Waals surface area contributed by atoms with Gasteiger partial charge in [0.2, 0.25) is 0 Å². The summed E-state index contributed by atoms with van der Waals surface area (Å²) < 4.78 is 4.62. The minimum Gasteiger partial charge on any atom is -0.347 e. The van der Waals surface area contributed by atoms with Crippen molar-refractivity contribution in [2.45, 2.75) is 31.3 Å². The molecule has 1 atom stereocenters. The van der Waals surface area contributed by atoms with E-state index in [9.17, 15) is 14.4 Å². The van der Waals surface area contributed by atoms with Crippen LogP contribution in [-0.2, 0) is 25.6 Å². The van der Waals surface area contributed by atoms with Crippen molar-refractivity contribution in [1.82, 2.24) is 23.8 Å². The first-order chi connectivity index (χ1) is 14.0. The summed E-state index contributed by atoms with van der Waals surface area (Å²) in [6.45, 7) is 1.90. The van der Waals surface area contributed by atoms with Crippen LogP contribution in [0.5, 0.6) is 0 Å². The molecule has 2 aliphatic rings. The molecular formula is C20H21N5O3S. The first-order valence-electron chi connectivity index (χ1n) is 9.64. The number of hydrogen-bond acceptors (Lipinski definition) is 5. The van der Waals surface area contributed by atoms with Crippen molar-refractivity contribution in [2.75, 3.05) is 13.1 Å². The summed E-state index contributed by atoms with van der Waals surface area (Å²) in [5, 5.41) is 6.57. The summed E-state index contributed by atoms with van der Waals surface area (Å²) in [7, 11) is 1.86. The lowest BCUT2D eigenvalue weighted by atomic mass is 9.85. The number of thiophene rings is 1. The fourth-order valence-electron chi connectivity index (χ4n) is 4.51. The summed E-state index contributed by atoms with van der Waals surface area (Å²) in [5.74, 6) is 0.628. The maximum absolute atomic E-state index is 12.9. The van der Waals surface area contributed by atoms with Gasteiger partial charge in [-0.25, -0.2) is 4.68 Å². The van der Waals surface area contributed by atoms with Gasteiger partial charge in [0.1, 0.15) is 11.5 Å². The summed E-state index contributed by atoms with van der Waals surface area (Å²) in [6, 6.07) is 7.51. The van der Waals surface area contributed by atoms with Gasteiger partial charge in [-0.2, -0.15) is 5.10 Å². The van der Waals surface area contributed by atoms with Crippen LogP contribution < -0.4 is 11.1 Å². The highest BCUT2D eigenvalue weighted by Crippen LogP contribution is 2.40. The molecule has 5 rings (SSSR count). The molecule has 9 heteroatoms. The van der Waals surface area contributed by atoms with Crippen LogP contribution in [0.4, 0.5) is 0 Å². The molecule has 2 aliphatic heterocycles. The summed E-state index contributed by atoms with van der Waals surface area (Å²) >= 11 is 1.53. The van der Waals surface area contributed by atoms with Gasteiger partial charge in [0, 0.05) is 37.8 Å². The molecular weight excluding hydrogens is 390 g/mol. The van der Waals surface area contributed by atoms with E-state index >= 15 is 0 Å². The molecule has 1 fully saturated rings. The normalized spacial score (nSPS) is 20.5. The third kappa shape index (κ3) is 2.79. The zero-order valence-electron chi connectivity index (χ0n) is 16.1. The zero-order valence-corrected chi connectivity index (χ0v) is 16.9. The number of aryl methyl sites for hydroxylation is 1. The number of hydrogen-bond donors (Lipinski definition) is 0. The van der Waals surface area contributed by atoms with Crippen molar-refractivity contribution >= 4 is 17.2 Å². The second kappa shape index (κ2) is 6.55. The molecule has 8 nitrogen and oxygen atoms in total. The Morgan fingerprint density at radius 1 is 1.17 bits per heavy atom. The van der Waals surface area contributed by atoms with E-state index < -0.39 is 11.1 Å². The molecule has 0 aliphatic carbocycles. The monoisotopic (exact) mass is 411 g/mol. The first kappa shape index (κ1) is 18.1. The third-order valence-electron chi connectivity index (χ3n) is 6.11. The van der Waals surface area contributed by atoms with Crippen molar-refractivity contribution in [3.05, 3.63) is 72.9 Å². The van der Waals surface area contributed by atoms with E-state index in [4.69, 9.17) is 0 Å². The SMILES string of the molecule is Cn1cccc1C(=O)N1CC[C@@]2(CCn3c2nn(Cc2cccs2)c(=O)c3=O)C1. The molecule has 0 bridgehead atoms. The van der Waals surface area contributed by atoms with Crippen LogP contribution in [0.1, 0.15) is 34.0 Å². The fourth-order valence-corrected chi connectivity index (χ4v) is 5.19. The maximum atomic E-state index is 12.9. The van der Waals surface area contributed by atoms with E-state index in [0.29, 0.717) is 44.1 Å². The summed E-state index contributed by atoms with van der Waals surface area (Å²) in [5.41, 5.74) is -0.831. The lowest BCUT2D eigenvalue weighted by Crippen LogP contribution is -2.45. The number of fused-ring (bicyclic) bond motifs is 2. The molecule has 0 N–H and O–H groups in total. The van der Waals surface area contributed by atoms with Gasteiger partial charge in [-0.05, 0) is 36.4 Å². The molecule has 150 valence electrons. The number of nitrogens with zero attached hydrogens (tertiary/aromatic N) is 5. The molecule has 29 heavy (non-hydrogen) atoms. The van der Waals surface area contributed by atoms with E-state index in [1.54, 1.807) is 0 Å². The van der Waals surface area contributed by atoms with Gasteiger partial charge in [-0.15, -0.1) is 11.3 Å². The molecule has 1 spiro atoms. The second-order valence-electron chi connectivity index (χ2n) is 7.83.